The van der Waals surface area contributed by atoms with Crippen LogP contribution in [0.1, 0.15) is 0 Å². The van der Waals surface area contributed by atoms with Crippen LogP contribution in [0.25, 0.3) is 0 Å². The summed E-state index contributed by atoms with van der Waals surface area (Å²) in [5, 5.41) is 0. The van der Waals surface area contributed by atoms with Crippen LogP contribution in [-0.4, -0.2) is 25.4 Å². The fraction of sp³-hybridized carbons (Fsp3) is 0.143. The Hall–Kier alpha value is -0.130. The molecule has 1 aromatic carbocycles. The maximum absolute atomic E-state index is 11.8. The Morgan fingerprint density at radius 1 is 1.10 bits per heavy atom. The van der Waals surface area contributed by atoms with Gasteiger partial charge in [-0.3, -0.25) is 0 Å². The van der Waals surface area contributed by atoms with Crippen LogP contribution in [0.15, 0.2) is 30.3 Å². The van der Waals surface area contributed by atoms with Crippen molar-refractivity contribution < 1.29 is 8.78 Å². The Balaban J connectivity index is 2.59. The molecule has 0 aromatic heterocycles. The molecule has 0 fully saturated rings. The van der Waals surface area contributed by atoms with Crippen molar-refractivity contribution >= 4 is 24.5 Å². The predicted molar refractivity (Wildman–Crippen MR) is 37.8 cm³/mol. The Morgan fingerprint density at radius 3 is 2.20 bits per heavy atom. The molecule has 3 heteroatoms. The number of hydrogen-bond acceptors (Lipinski definition) is 0. The molecule has 0 spiro atoms. The molecule has 54 valence electrons. The van der Waals surface area contributed by atoms with Gasteiger partial charge in [0.15, 0.2) is 0 Å². The van der Waals surface area contributed by atoms with Crippen molar-refractivity contribution in [3.8, 4) is 0 Å². The predicted octanol–water partition coefficient (Wildman–Crippen LogP) is 1.24. The molecular weight excluding hydrogens is 250 g/mol. The second-order valence-corrected chi connectivity index (χ2v) is 4.73. The first kappa shape index (κ1) is 7.97. The van der Waals surface area contributed by atoms with E-state index in [0.717, 1.165) is 3.61 Å². The van der Waals surface area contributed by atoms with Gasteiger partial charge in [-0.2, -0.15) is 0 Å². The van der Waals surface area contributed by atoms with Crippen LogP contribution >= 0.6 is 0 Å². The Bertz CT molecular complexity index is 186. The molecule has 0 bridgehead atoms. The van der Waals surface area contributed by atoms with Crippen LogP contribution in [0, 0.1) is 0 Å². The molecule has 0 atom stereocenters. The van der Waals surface area contributed by atoms with Crippen LogP contribution in [0.2, 0.25) is 0 Å². The van der Waals surface area contributed by atoms with Crippen molar-refractivity contribution in [2.75, 3.05) is 0 Å². The summed E-state index contributed by atoms with van der Waals surface area (Å²) in [6, 6.07) is 8.94. The first-order valence-electron chi connectivity index (χ1n) is 2.79. The maximum atomic E-state index is 11.8. The Morgan fingerprint density at radius 2 is 1.70 bits per heavy atom. The van der Waals surface area contributed by atoms with Gasteiger partial charge in [-0.1, -0.05) is 0 Å². The van der Waals surface area contributed by atoms with Crippen LogP contribution in [0.3, 0.4) is 0 Å². The van der Waals surface area contributed by atoms with Crippen molar-refractivity contribution in [3.05, 3.63) is 30.3 Å². The van der Waals surface area contributed by atoms with Crippen molar-refractivity contribution in [2.24, 2.45) is 0 Å². The number of alkyl halides is 2. The zero-order chi connectivity index (χ0) is 7.40. The van der Waals surface area contributed by atoms with E-state index in [4.69, 9.17) is 0 Å². The fourth-order valence-electron chi connectivity index (χ4n) is 0.602. The van der Waals surface area contributed by atoms with Gasteiger partial charge in [0, 0.05) is 0 Å². The normalized spacial score (nSPS) is 10.3. The summed E-state index contributed by atoms with van der Waals surface area (Å²) < 4.78 is 22.3. The SMILES string of the molecule is FC(F)[Te]c1ccccc1. The molecule has 0 amide bonds. The van der Waals surface area contributed by atoms with Crippen LogP contribution in [-0.2, 0) is 0 Å². The first-order chi connectivity index (χ1) is 4.79. The van der Waals surface area contributed by atoms with Gasteiger partial charge in [0.1, 0.15) is 0 Å². The molecule has 1 aromatic rings. The third-order valence-electron chi connectivity index (χ3n) is 0.968. The minimum atomic E-state index is -2.10. The number of benzene rings is 1. The summed E-state index contributed by atoms with van der Waals surface area (Å²) in [6.45, 7) is 0. The average molecular weight is 256 g/mol. The van der Waals surface area contributed by atoms with E-state index in [-0.39, 0.29) is 0 Å². The quantitative estimate of drug-likeness (QED) is 0.698. The van der Waals surface area contributed by atoms with Gasteiger partial charge < -0.3 is 0 Å². The van der Waals surface area contributed by atoms with Gasteiger partial charge in [-0.25, -0.2) is 0 Å². The molecule has 0 aliphatic carbocycles. The van der Waals surface area contributed by atoms with E-state index in [9.17, 15) is 8.78 Å². The molecule has 0 aliphatic heterocycles. The van der Waals surface area contributed by atoms with E-state index < -0.39 is 25.4 Å². The first-order valence-corrected chi connectivity index (χ1v) is 5.30. The molecule has 0 unspecified atom stereocenters. The minimum absolute atomic E-state index is 0.822. The van der Waals surface area contributed by atoms with E-state index in [0.29, 0.717) is 0 Å². The van der Waals surface area contributed by atoms with E-state index in [1.807, 2.05) is 6.07 Å². The van der Waals surface area contributed by atoms with E-state index in [2.05, 4.69) is 0 Å². The Kier molecular flexibility index (Phi) is 3.11. The van der Waals surface area contributed by atoms with Gasteiger partial charge >= 0.3 is 68.1 Å². The number of hydrogen-bond donors (Lipinski definition) is 0. The van der Waals surface area contributed by atoms with Crippen molar-refractivity contribution in [1.29, 1.82) is 0 Å². The summed E-state index contributed by atoms with van der Waals surface area (Å²) in [6.07, 6.45) is 0. The topological polar surface area (TPSA) is 0 Å². The average Bonchev–Trinajstić information content (AvgIpc) is 1.88. The van der Waals surface area contributed by atoms with Crippen LogP contribution < -0.4 is 3.61 Å². The standard InChI is InChI=1S/C7H6F2Te/c8-7(9)10-6-4-2-1-3-5-6/h1-5,7H. The van der Waals surface area contributed by atoms with Crippen LogP contribution in [0.4, 0.5) is 8.78 Å². The summed E-state index contributed by atoms with van der Waals surface area (Å²) in [7, 11) is 0. The molecule has 0 heterocycles. The summed E-state index contributed by atoms with van der Waals surface area (Å²) in [4.78, 5) is 0. The molecule has 1 rings (SSSR count). The summed E-state index contributed by atoms with van der Waals surface area (Å²) >= 11 is -1.23. The van der Waals surface area contributed by atoms with Gasteiger partial charge in [-0.15, -0.1) is 0 Å². The van der Waals surface area contributed by atoms with Crippen molar-refractivity contribution in [1.82, 2.24) is 0 Å². The Labute approximate surface area is 68.3 Å². The molecule has 0 N–H and O–H groups in total. The summed E-state index contributed by atoms with van der Waals surface area (Å²) in [5.41, 5.74) is 0. The third-order valence-corrected chi connectivity index (χ3v) is 3.03. The second kappa shape index (κ2) is 3.90. The molecule has 0 aliphatic rings. The molecule has 0 radical (unpaired) electrons. The number of rotatable bonds is 2. The zero-order valence-corrected chi connectivity index (χ0v) is 7.46. The van der Waals surface area contributed by atoms with Gasteiger partial charge in [-0.05, 0) is 0 Å². The van der Waals surface area contributed by atoms with Gasteiger partial charge in [0.05, 0.1) is 0 Å². The third kappa shape index (κ3) is 2.64. The zero-order valence-electron chi connectivity index (χ0n) is 5.13. The van der Waals surface area contributed by atoms with Crippen molar-refractivity contribution in [3.63, 3.8) is 0 Å². The molecule has 0 saturated heterocycles. The van der Waals surface area contributed by atoms with E-state index in [1.54, 1.807) is 24.3 Å². The van der Waals surface area contributed by atoms with Gasteiger partial charge in [0.25, 0.3) is 0 Å². The molecule has 0 nitrogen and oxygen atoms in total. The second-order valence-electron chi connectivity index (χ2n) is 1.69. The molecular formula is C7H6F2Te. The van der Waals surface area contributed by atoms with Gasteiger partial charge in [0.2, 0.25) is 0 Å². The van der Waals surface area contributed by atoms with Crippen LogP contribution in [0.5, 0.6) is 0 Å². The van der Waals surface area contributed by atoms with E-state index >= 15 is 0 Å². The van der Waals surface area contributed by atoms with E-state index in [1.165, 1.54) is 0 Å². The fourth-order valence-corrected chi connectivity index (χ4v) is 2.09. The monoisotopic (exact) mass is 258 g/mol. The number of halogens is 2. The molecule has 10 heavy (non-hydrogen) atoms. The molecule has 0 saturated carbocycles. The summed E-state index contributed by atoms with van der Waals surface area (Å²) in [5.74, 6) is 0. The van der Waals surface area contributed by atoms with Crippen molar-refractivity contribution in [2.45, 2.75) is 4.47 Å².